The number of hydrogen-bond acceptors (Lipinski definition) is 4. The SMILES string of the molecule is C=C(O)c1c(C)cccc1COCc1cccc(NCc2ccc3c(n2)=CCCC=3)c1.CC. The van der Waals surface area contributed by atoms with Crippen molar-refractivity contribution in [3.8, 4) is 0 Å². The van der Waals surface area contributed by atoms with Crippen LogP contribution in [0.2, 0.25) is 0 Å². The van der Waals surface area contributed by atoms with Crippen molar-refractivity contribution in [3.05, 3.63) is 99.7 Å². The second kappa shape index (κ2) is 12.0. The van der Waals surface area contributed by atoms with Gasteiger partial charge in [-0.1, -0.05) is 69.0 Å². The Morgan fingerprint density at radius 2 is 1.82 bits per heavy atom. The van der Waals surface area contributed by atoms with Gasteiger partial charge in [-0.15, -0.1) is 0 Å². The molecular weight excluding hydrogens is 408 g/mol. The Morgan fingerprint density at radius 3 is 2.64 bits per heavy atom. The van der Waals surface area contributed by atoms with Crippen LogP contribution >= 0.6 is 0 Å². The van der Waals surface area contributed by atoms with E-state index in [1.54, 1.807) is 0 Å². The Hall–Kier alpha value is -3.37. The van der Waals surface area contributed by atoms with Crippen molar-refractivity contribution in [2.75, 3.05) is 5.32 Å². The average Bonchev–Trinajstić information content (AvgIpc) is 2.84. The van der Waals surface area contributed by atoms with Crippen molar-refractivity contribution in [1.82, 2.24) is 4.98 Å². The standard InChI is InChI=1S/C27H28N2O2.C2H6/c1-19-7-5-10-23(27(19)20(2)30)18-31-17-21-8-6-11-24(15-21)28-16-25-14-13-22-9-3-4-12-26(22)29-25;1-2/h5-15,28,30H,2-4,16-18H2,1H3;1-2H3. The van der Waals surface area contributed by atoms with E-state index in [4.69, 9.17) is 9.72 Å². The molecule has 0 spiro atoms. The molecule has 0 saturated heterocycles. The molecule has 1 aliphatic carbocycles. The van der Waals surface area contributed by atoms with Crippen molar-refractivity contribution in [3.63, 3.8) is 0 Å². The molecule has 4 nitrogen and oxygen atoms in total. The molecule has 0 amide bonds. The third-order valence-electron chi connectivity index (χ3n) is 5.46. The summed E-state index contributed by atoms with van der Waals surface area (Å²) in [6, 6.07) is 18.4. The normalized spacial score (nSPS) is 11.8. The van der Waals surface area contributed by atoms with E-state index in [2.05, 4.69) is 54.4 Å². The number of rotatable bonds is 8. The van der Waals surface area contributed by atoms with Gasteiger partial charge in [0.25, 0.3) is 0 Å². The summed E-state index contributed by atoms with van der Waals surface area (Å²) in [5, 5.41) is 15.7. The highest BCUT2D eigenvalue weighted by Crippen LogP contribution is 2.22. The fourth-order valence-electron chi connectivity index (χ4n) is 3.93. The van der Waals surface area contributed by atoms with Crippen LogP contribution in [-0.4, -0.2) is 10.1 Å². The van der Waals surface area contributed by atoms with Gasteiger partial charge >= 0.3 is 0 Å². The number of fused-ring (bicyclic) bond motifs is 1. The first kappa shape index (κ1) is 24.3. The minimum Gasteiger partial charge on any atom is -0.508 e. The lowest BCUT2D eigenvalue weighted by Gasteiger charge is -2.13. The molecule has 2 N–H and O–H groups in total. The van der Waals surface area contributed by atoms with Crippen LogP contribution in [0.25, 0.3) is 17.9 Å². The summed E-state index contributed by atoms with van der Waals surface area (Å²) in [6.07, 6.45) is 6.62. The lowest BCUT2D eigenvalue weighted by atomic mass is 10.0. The molecule has 0 unspecified atom stereocenters. The number of anilines is 1. The molecular formula is C29H34N2O2. The number of nitrogens with zero attached hydrogens (tertiary/aromatic N) is 1. The van der Waals surface area contributed by atoms with E-state index in [1.165, 1.54) is 5.22 Å². The van der Waals surface area contributed by atoms with Gasteiger partial charge in [0.15, 0.2) is 0 Å². The van der Waals surface area contributed by atoms with Gasteiger partial charge in [0.2, 0.25) is 0 Å². The third-order valence-corrected chi connectivity index (χ3v) is 5.46. The number of aromatic nitrogens is 1. The lowest BCUT2D eigenvalue weighted by molar-refractivity contribution is 0.107. The first-order chi connectivity index (χ1) is 16.1. The van der Waals surface area contributed by atoms with Gasteiger partial charge < -0.3 is 15.2 Å². The maximum absolute atomic E-state index is 9.89. The predicted molar refractivity (Wildman–Crippen MR) is 138 cm³/mol. The van der Waals surface area contributed by atoms with Gasteiger partial charge in [-0.25, -0.2) is 0 Å². The smallest absolute Gasteiger partial charge is 0.116 e. The molecule has 1 heterocycles. The number of ether oxygens (including phenoxy) is 1. The molecule has 0 saturated carbocycles. The van der Waals surface area contributed by atoms with Gasteiger partial charge in [-0.3, -0.25) is 4.98 Å². The molecule has 0 atom stereocenters. The number of nitrogens with one attached hydrogen (secondary N) is 1. The van der Waals surface area contributed by atoms with E-state index in [0.717, 1.165) is 51.8 Å². The number of aliphatic hydroxyl groups excluding tert-OH is 1. The summed E-state index contributed by atoms with van der Waals surface area (Å²) in [5.74, 6) is 0.0779. The number of aryl methyl sites for hydroxylation is 1. The lowest BCUT2D eigenvalue weighted by Crippen LogP contribution is -2.31. The quantitative estimate of drug-likeness (QED) is 0.444. The Kier molecular flexibility index (Phi) is 8.85. The molecule has 4 rings (SSSR count). The van der Waals surface area contributed by atoms with E-state index in [1.807, 2.05) is 45.0 Å². The second-order valence-electron chi connectivity index (χ2n) is 7.87. The van der Waals surface area contributed by atoms with E-state index < -0.39 is 0 Å². The van der Waals surface area contributed by atoms with Crippen LogP contribution in [0.4, 0.5) is 5.69 Å². The molecule has 1 aromatic heterocycles. The molecule has 33 heavy (non-hydrogen) atoms. The van der Waals surface area contributed by atoms with Crippen LogP contribution in [0.15, 0.2) is 61.2 Å². The fraction of sp³-hybridized carbons (Fsp3) is 0.276. The third kappa shape index (κ3) is 6.56. The van der Waals surface area contributed by atoms with Crippen LogP contribution in [0.1, 0.15) is 54.6 Å². The number of benzene rings is 2. The monoisotopic (exact) mass is 442 g/mol. The van der Waals surface area contributed by atoms with Gasteiger partial charge in [-0.05, 0) is 59.9 Å². The summed E-state index contributed by atoms with van der Waals surface area (Å²) in [7, 11) is 0. The van der Waals surface area contributed by atoms with E-state index in [-0.39, 0.29) is 5.76 Å². The summed E-state index contributed by atoms with van der Waals surface area (Å²) in [5.41, 5.74) is 5.85. The molecule has 4 heteroatoms. The zero-order valence-corrected chi connectivity index (χ0v) is 19.9. The number of hydrogen-bond donors (Lipinski definition) is 2. The van der Waals surface area contributed by atoms with Crippen LogP contribution in [0.3, 0.4) is 0 Å². The maximum Gasteiger partial charge on any atom is 0.116 e. The molecule has 172 valence electrons. The van der Waals surface area contributed by atoms with Crippen LogP contribution in [0, 0.1) is 6.92 Å². The zero-order valence-electron chi connectivity index (χ0n) is 19.9. The zero-order chi connectivity index (χ0) is 23.6. The molecule has 3 aromatic rings. The highest BCUT2D eigenvalue weighted by Gasteiger charge is 2.08. The second-order valence-corrected chi connectivity index (χ2v) is 7.87. The minimum absolute atomic E-state index is 0.0779. The topological polar surface area (TPSA) is 54.4 Å². The highest BCUT2D eigenvalue weighted by atomic mass is 16.5. The van der Waals surface area contributed by atoms with E-state index in [0.29, 0.717) is 19.8 Å². The van der Waals surface area contributed by atoms with Crippen LogP contribution in [-0.2, 0) is 24.5 Å². The maximum atomic E-state index is 9.89. The molecule has 0 radical (unpaired) electrons. The van der Waals surface area contributed by atoms with Crippen molar-refractivity contribution in [2.45, 2.75) is 53.4 Å². The molecule has 2 aromatic carbocycles. The van der Waals surface area contributed by atoms with E-state index >= 15 is 0 Å². The summed E-state index contributed by atoms with van der Waals surface area (Å²) < 4.78 is 5.93. The van der Waals surface area contributed by atoms with Crippen molar-refractivity contribution >= 4 is 23.6 Å². The van der Waals surface area contributed by atoms with Crippen molar-refractivity contribution in [2.24, 2.45) is 0 Å². The Balaban J connectivity index is 0.00000149. The van der Waals surface area contributed by atoms with Crippen LogP contribution < -0.4 is 15.9 Å². The summed E-state index contributed by atoms with van der Waals surface area (Å²) >= 11 is 0. The largest absolute Gasteiger partial charge is 0.508 e. The van der Waals surface area contributed by atoms with Crippen molar-refractivity contribution < 1.29 is 9.84 Å². The van der Waals surface area contributed by atoms with Gasteiger partial charge in [0.1, 0.15) is 5.76 Å². The van der Waals surface area contributed by atoms with E-state index in [9.17, 15) is 5.11 Å². The fourth-order valence-corrected chi connectivity index (χ4v) is 3.93. The first-order valence-corrected chi connectivity index (χ1v) is 11.6. The Labute approximate surface area is 197 Å². The van der Waals surface area contributed by atoms with Gasteiger partial charge in [0, 0.05) is 11.3 Å². The van der Waals surface area contributed by atoms with Gasteiger partial charge in [-0.2, -0.15) is 0 Å². The average molecular weight is 443 g/mol. The molecule has 0 aliphatic heterocycles. The first-order valence-electron chi connectivity index (χ1n) is 11.6. The van der Waals surface area contributed by atoms with Crippen LogP contribution in [0.5, 0.6) is 0 Å². The predicted octanol–water partition coefficient (Wildman–Crippen LogP) is 5.63. The molecule has 0 fully saturated rings. The van der Waals surface area contributed by atoms with Gasteiger partial charge in [0.05, 0.1) is 30.8 Å². The minimum atomic E-state index is 0.0779. The van der Waals surface area contributed by atoms with Crippen molar-refractivity contribution in [1.29, 1.82) is 0 Å². The molecule has 1 aliphatic rings. The molecule has 0 bridgehead atoms. The Morgan fingerprint density at radius 1 is 1.03 bits per heavy atom. The summed E-state index contributed by atoms with van der Waals surface area (Å²) in [4.78, 5) is 4.76. The number of pyridine rings is 1. The summed E-state index contributed by atoms with van der Waals surface area (Å²) in [6.45, 7) is 11.2. The Bertz CT molecular complexity index is 1210. The highest BCUT2D eigenvalue weighted by molar-refractivity contribution is 5.63. The number of aliphatic hydroxyl groups is 1.